The number of halogens is 5. The number of rotatable bonds is 6. The van der Waals surface area contributed by atoms with Gasteiger partial charge in [-0.2, -0.15) is 26.7 Å². The lowest BCUT2D eigenvalue weighted by Gasteiger charge is -2.29. The summed E-state index contributed by atoms with van der Waals surface area (Å²) in [4.78, 5) is 21.3. The molecule has 0 bridgehead atoms. The van der Waals surface area contributed by atoms with Crippen molar-refractivity contribution in [1.82, 2.24) is 24.0 Å². The van der Waals surface area contributed by atoms with Gasteiger partial charge in [-0.1, -0.05) is 24.6 Å². The van der Waals surface area contributed by atoms with Crippen molar-refractivity contribution in [2.24, 2.45) is 5.10 Å². The van der Waals surface area contributed by atoms with E-state index in [2.05, 4.69) is 20.4 Å². The molecule has 1 aliphatic rings. The number of sulfonamides is 1. The summed E-state index contributed by atoms with van der Waals surface area (Å²) in [7, 11) is -5.57. The van der Waals surface area contributed by atoms with E-state index in [1.165, 1.54) is 28.9 Å². The molecule has 1 amide bonds. The maximum Gasteiger partial charge on any atom is 0.516 e. The topological polar surface area (TPSA) is 112 Å². The van der Waals surface area contributed by atoms with Gasteiger partial charge in [0.05, 0.1) is 35.7 Å². The van der Waals surface area contributed by atoms with Crippen LogP contribution in [0.1, 0.15) is 28.7 Å². The average molecular weight is 548 g/mol. The number of fused-ring (bicyclic) bond motifs is 1. The molecule has 2 aromatic heterocycles. The maximum absolute atomic E-state index is 14.7. The summed E-state index contributed by atoms with van der Waals surface area (Å²) in [6.45, 7) is 0.917. The molecular formula is C20H18ClF4N7O3S. The first-order chi connectivity index (χ1) is 16.9. The number of carbonyl (C=O) groups excluding carboxylic acids is 1. The molecule has 3 heterocycles. The van der Waals surface area contributed by atoms with Crippen molar-refractivity contribution in [3.8, 4) is 0 Å². The van der Waals surface area contributed by atoms with Crippen molar-refractivity contribution in [2.45, 2.75) is 25.4 Å². The van der Waals surface area contributed by atoms with Crippen LogP contribution in [-0.2, 0) is 23.0 Å². The minimum Gasteiger partial charge on any atom is -0.347 e. The number of alkyl halides is 3. The first kappa shape index (κ1) is 25.6. The Morgan fingerprint density at radius 3 is 2.61 bits per heavy atom. The Balaban J connectivity index is 1.47. The van der Waals surface area contributed by atoms with Crippen LogP contribution in [0.25, 0.3) is 5.78 Å². The van der Waals surface area contributed by atoms with Gasteiger partial charge in [0.2, 0.25) is 5.78 Å². The van der Waals surface area contributed by atoms with E-state index in [0.29, 0.717) is 34.8 Å². The van der Waals surface area contributed by atoms with Crippen molar-refractivity contribution < 1.29 is 30.8 Å². The zero-order valence-electron chi connectivity index (χ0n) is 18.5. The minimum atomic E-state index is -5.57. The normalized spacial score (nSPS) is 14.5. The Morgan fingerprint density at radius 2 is 2.00 bits per heavy atom. The highest BCUT2D eigenvalue weighted by Gasteiger charge is 2.50. The summed E-state index contributed by atoms with van der Waals surface area (Å²) < 4.78 is 77.3. The molecule has 3 aromatic rings. The minimum absolute atomic E-state index is 0.0404. The maximum atomic E-state index is 14.7. The zero-order chi connectivity index (χ0) is 26.3. The van der Waals surface area contributed by atoms with Crippen molar-refractivity contribution in [1.29, 1.82) is 0 Å². The monoisotopic (exact) mass is 547 g/mol. The number of hydrogen-bond acceptors (Lipinski definition) is 7. The number of carbonyl (C=O) groups is 1. The van der Waals surface area contributed by atoms with Crippen LogP contribution in [0.3, 0.4) is 0 Å². The number of hydrazone groups is 1. The second kappa shape index (κ2) is 9.54. The van der Waals surface area contributed by atoms with Gasteiger partial charge >= 0.3 is 15.5 Å². The van der Waals surface area contributed by atoms with Crippen LogP contribution in [0.2, 0.25) is 5.02 Å². The van der Waals surface area contributed by atoms with E-state index in [1.54, 1.807) is 0 Å². The highest BCUT2D eigenvalue weighted by atomic mass is 35.5. The number of anilines is 1. The predicted octanol–water partition coefficient (Wildman–Crippen LogP) is 2.93. The van der Waals surface area contributed by atoms with Crippen molar-refractivity contribution in [3.63, 3.8) is 0 Å². The summed E-state index contributed by atoms with van der Waals surface area (Å²) in [5.74, 6) is -0.925. The number of hydrogen-bond donors (Lipinski definition) is 1. The molecule has 0 atom stereocenters. The lowest BCUT2D eigenvalue weighted by molar-refractivity contribution is -0.0471. The van der Waals surface area contributed by atoms with Crippen LogP contribution >= 0.6 is 11.6 Å². The standard InChI is InChI=1S/C20H18ClF4N7O3S/c1-2-15-17(31-10-13(21)9-27-19(31)29-15)18(33)26-8-12-3-4-16(14(22)7-12)32-6-5-30(11-28-32)36(34,35)20(23,24)25/h3-4,7,9-11H,2,5-6,8H2,1H3,(H,26,33). The van der Waals surface area contributed by atoms with Gasteiger partial charge in [0, 0.05) is 12.7 Å². The van der Waals surface area contributed by atoms with Crippen molar-refractivity contribution in [3.05, 3.63) is 58.4 Å². The zero-order valence-corrected chi connectivity index (χ0v) is 20.1. The molecule has 0 spiro atoms. The van der Waals surface area contributed by atoms with E-state index in [-0.39, 0.29) is 28.8 Å². The number of amides is 1. The Bertz CT molecular complexity index is 1460. The summed E-state index contributed by atoms with van der Waals surface area (Å²) in [5, 5.41) is 7.68. The summed E-state index contributed by atoms with van der Waals surface area (Å²) in [6, 6.07) is 3.97. The van der Waals surface area contributed by atoms with Gasteiger partial charge < -0.3 is 5.32 Å². The number of benzene rings is 1. The molecule has 4 rings (SSSR count). The Hall–Kier alpha value is -3.46. The van der Waals surface area contributed by atoms with Gasteiger partial charge in [-0.15, -0.1) is 0 Å². The van der Waals surface area contributed by atoms with E-state index in [4.69, 9.17) is 11.6 Å². The molecule has 192 valence electrons. The van der Waals surface area contributed by atoms with Crippen LogP contribution in [0.5, 0.6) is 0 Å². The molecule has 10 nitrogen and oxygen atoms in total. The number of nitrogens with zero attached hydrogens (tertiary/aromatic N) is 6. The van der Waals surface area contributed by atoms with Crippen LogP contribution in [0.4, 0.5) is 23.2 Å². The molecule has 36 heavy (non-hydrogen) atoms. The number of aromatic nitrogens is 3. The second-order valence-electron chi connectivity index (χ2n) is 7.59. The average Bonchev–Trinajstić information content (AvgIpc) is 3.20. The lowest BCUT2D eigenvalue weighted by Crippen LogP contribution is -2.46. The first-order valence-corrected chi connectivity index (χ1v) is 12.2. The third-order valence-corrected chi connectivity index (χ3v) is 6.94. The molecule has 0 saturated carbocycles. The van der Waals surface area contributed by atoms with Gasteiger partial charge in [-0.3, -0.25) is 14.2 Å². The molecule has 0 radical (unpaired) electrons. The van der Waals surface area contributed by atoms with Crippen LogP contribution < -0.4 is 10.3 Å². The molecule has 1 aliphatic heterocycles. The molecule has 16 heteroatoms. The first-order valence-electron chi connectivity index (χ1n) is 10.4. The Kier molecular flexibility index (Phi) is 6.79. The number of imidazole rings is 1. The summed E-state index contributed by atoms with van der Waals surface area (Å²) >= 11 is 5.99. The number of nitrogens with one attached hydrogen (secondary N) is 1. The lowest BCUT2D eigenvalue weighted by atomic mass is 10.1. The smallest absolute Gasteiger partial charge is 0.347 e. The summed E-state index contributed by atoms with van der Waals surface area (Å²) in [6.07, 6.45) is 3.88. The van der Waals surface area contributed by atoms with Crippen molar-refractivity contribution in [2.75, 3.05) is 18.1 Å². The highest BCUT2D eigenvalue weighted by molar-refractivity contribution is 7.90. The molecule has 0 aliphatic carbocycles. The fourth-order valence-electron chi connectivity index (χ4n) is 3.51. The fourth-order valence-corrected chi connectivity index (χ4v) is 4.41. The van der Waals surface area contributed by atoms with Gasteiger partial charge in [0.25, 0.3) is 5.91 Å². The third kappa shape index (κ3) is 4.80. The van der Waals surface area contributed by atoms with E-state index >= 15 is 0 Å². The van der Waals surface area contributed by atoms with E-state index in [9.17, 15) is 30.8 Å². The van der Waals surface area contributed by atoms with Crippen LogP contribution in [0, 0.1) is 5.82 Å². The molecule has 0 saturated heterocycles. The Labute approximate surface area is 207 Å². The van der Waals surface area contributed by atoms with Crippen molar-refractivity contribution >= 4 is 45.3 Å². The fraction of sp³-hybridized carbons (Fsp3) is 0.300. The SMILES string of the molecule is CCc1nc2ncc(Cl)cn2c1C(=O)NCc1ccc(N2CCN(S(=O)(=O)C(F)(F)F)C=N2)c(F)c1. The Morgan fingerprint density at radius 1 is 1.25 bits per heavy atom. The van der Waals surface area contributed by atoms with Crippen LogP contribution in [-0.4, -0.2) is 57.9 Å². The second-order valence-corrected chi connectivity index (χ2v) is 9.91. The summed E-state index contributed by atoms with van der Waals surface area (Å²) in [5.41, 5.74) is -4.38. The van der Waals surface area contributed by atoms with Gasteiger partial charge in [0.1, 0.15) is 17.8 Å². The molecule has 1 N–H and O–H groups in total. The predicted molar refractivity (Wildman–Crippen MR) is 122 cm³/mol. The quantitative estimate of drug-likeness (QED) is 0.475. The largest absolute Gasteiger partial charge is 0.516 e. The van der Waals surface area contributed by atoms with Gasteiger partial charge in [-0.05, 0) is 24.1 Å². The van der Waals surface area contributed by atoms with Gasteiger partial charge in [-0.25, -0.2) is 18.7 Å². The molecule has 0 unspecified atom stereocenters. The van der Waals surface area contributed by atoms with E-state index < -0.39 is 33.8 Å². The molecular weight excluding hydrogens is 530 g/mol. The van der Waals surface area contributed by atoms with E-state index in [1.807, 2.05) is 6.92 Å². The van der Waals surface area contributed by atoms with Gasteiger partial charge in [0.15, 0.2) is 0 Å². The van der Waals surface area contributed by atoms with Crippen LogP contribution in [0.15, 0.2) is 35.7 Å². The number of aryl methyl sites for hydroxylation is 1. The third-order valence-electron chi connectivity index (χ3n) is 5.27. The molecule has 0 fully saturated rings. The molecule has 1 aromatic carbocycles. The van der Waals surface area contributed by atoms with E-state index in [0.717, 1.165) is 11.1 Å². The highest BCUT2D eigenvalue weighted by Crippen LogP contribution is 2.28.